The Bertz CT molecular complexity index is 381. The fraction of sp³-hybridized carbons (Fsp3) is 0.400. The monoisotopic (exact) mass is 242 g/mol. The van der Waals surface area contributed by atoms with Crippen molar-refractivity contribution in [1.82, 2.24) is 15.2 Å². The van der Waals surface area contributed by atoms with E-state index in [1.54, 1.807) is 0 Å². The number of aromatic nitrogens is 1. The van der Waals surface area contributed by atoms with Gasteiger partial charge in [0.1, 0.15) is 5.82 Å². The van der Waals surface area contributed by atoms with Crippen molar-refractivity contribution in [1.29, 1.82) is 0 Å². The molecule has 16 heavy (non-hydrogen) atoms. The zero-order chi connectivity index (χ0) is 12.1. The lowest BCUT2D eigenvalue weighted by atomic mass is 10.2. The van der Waals surface area contributed by atoms with E-state index in [0.717, 1.165) is 6.54 Å². The molecular formula is C10H15ClN4O. The summed E-state index contributed by atoms with van der Waals surface area (Å²) in [5, 5.41) is 3.05. The number of nitrogens with one attached hydrogen (secondary N) is 1. The minimum absolute atomic E-state index is 0.198. The number of hydrogen-bond donors (Lipinski definition) is 2. The molecule has 0 saturated heterocycles. The third-order valence-corrected chi connectivity index (χ3v) is 2.28. The highest BCUT2D eigenvalue weighted by Crippen LogP contribution is 2.16. The average molecular weight is 243 g/mol. The molecule has 0 spiro atoms. The molecule has 1 amide bonds. The molecule has 5 nitrogen and oxygen atoms in total. The lowest BCUT2D eigenvalue weighted by Crippen LogP contribution is -2.31. The van der Waals surface area contributed by atoms with E-state index in [1.165, 1.54) is 12.3 Å². The molecule has 0 radical (unpaired) electrons. The van der Waals surface area contributed by atoms with Crippen LogP contribution in [0.25, 0.3) is 0 Å². The maximum atomic E-state index is 11.6. The molecule has 1 heterocycles. The number of nitrogen functional groups attached to an aromatic ring is 1. The van der Waals surface area contributed by atoms with Gasteiger partial charge in [0.15, 0.2) is 0 Å². The van der Waals surface area contributed by atoms with Crippen LogP contribution in [0.15, 0.2) is 12.3 Å². The third-order valence-electron chi connectivity index (χ3n) is 1.98. The molecule has 88 valence electrons. The van der Waals surface area contributed by atoms with Crippen molar-refractivity contribution in [3.63, 3.8) is 0 Å². The van der Waals surface area contributed by atoms with E-state index in [0.29, 0.717) is 17.1 Å². The molecule has 6 heteroatoms. The van der Waals surface area contributed by atoms with Crippen LogP contribution in [-0.2, 0) is 0 Å². The number of rotatable bonds is 4. The normalized spacial score (nSPS) is 10.5. The number of amides is 1. The van der Waals surface area contributed by atoms with E-state index in [-0.39, 0.29) is 11.7 Å². The molecule has 0 aliphatic heterocycles. The quantitative estimate of drug-likeness (QED) is 0.812. The molecule has 0 aliphatic carbocycles. The minimum atomic E-state index is -0.198. The lowest BCUT2D eigenvalue weighted by molar-refractivity contribution is 0.0950. The van der Waals surface area contributed by atoms with Crippen LogP contribution in [0.3, 0.4) is 0 Å². The first-order valence-corrected chi connectivity index (χ1v) is 5.22. The minimum Gasteiger partial charge on any atom is -0.382 e. The molecule has 1 aromatic rings. The van der Waals surface area contributed by atoms with Crippen LogP contribution in [0.2, 0.25) is 5.02 Å². The number of halogens is 1. The molecule has 1 rings (SSSR count). The van der Waals surface area contributed by atoms with Crippen LogP contribution < -0.4 is 11.1 Å². The number of nitrogens with two attached hydrogens (primary N) is 1. The summed E-state index contributed by atoms with van der Waals surface area (Å²) in [7, 11) is 3.88. The maximum Gasteiger partial charge on any atom is 0.252 e. The second-order valence-electron chi connectivity index (χ2n) is 3.65. The van der Waals surface area contributed by atoms with Crippen molar-refractivity contribution in [2.45, 2.75) is 0 Å². The Morgan fingerprint density at radius 3 is 2.88 bits per heavy atom. The Balaban J connectivity index is 2.56. The largest absolute Gasteiger partial charge is 0.382 e. The first-order chi connectivity index (χ1) is 7.50. The number of likely N-dealkylation sites (N-methyl/N-ethyl adjacent to an activating group) is 1. The van der Waals surface area contributed by atoms with Gasteiger partial charge in [-0.05, 0) is 20.2 Å². The molecule has 1 aromatic heterocycles. The average Bonchev–Trinajstić information content (AvgIpc) is 2.21. The van der Waals surface area contributed by atoms with Crippen LogP contribution in [0.1, 0.15) is 10.4 Å². The first kappa shape index (κ1) is 12.7. The number of hydrogen-bond acceptors (Lipinski definition) is 4. The second-order valence-corrected chi connectivity index (χ2v) is 4.06. The second kappa shape index (κ2) is 5.67. The summed E-state index contributed by atoms with van der Waals surface area (Å²) in [5.74, 6) is 0.0303. The van der Waals surface area contributed by atoms with Crippen LogP contribution in [0.4, 0.5) is 5.82 Å². The van der Waals surface area contributed by atoms with Crippen LogP contribution >= 0.6 is 11.6 Å². The Morgan fingerprint density at radius 1 is 1.62 bits per heavy atom. The standard InChI is InChI=1S/C10H15ClN4O/c1-15(2)4-3-13-10(16)7-5-8(11)9(12)14-6-7/h5-6H,3-4H2,1-2H3,(H2,12,14)(H,13,16). The Hall–Kier alpha value is -1.33. The van der Waals surface area contributed by atoms with E-state index < -0.39 is 0 Å². The van der Waals surface area contributed by atoms with Crippen molar-refractivity contribution in [2.75, 3.05) is 32.9 Å². The van der Waals surface area contributed by atoms with Crippen molar-refractivity contribution in [3.8, 4) is 0 Å². The molecule has 0 aromatic carbocycles. The Morgan fingerprint density at radius 2 is 2.31 bits per heavy atom. The van der Waals surface area contributed by atoms with E-state index >= 15 is 0 Å². The predicted octanol–water partition coefficient (Wildman–Crippen LogP) is 0.609. The summed E-state index contributed by atoms with van der Waals surface area (Å²) < 4.78 is 0. The zero-order valence-corrected chi connectivity index (χ0v) is 10.1. The summed E-state index contributed by atoms with van der Waals surface area (Å²) in [6, 6.07) is 1.51. The van der Waals surface area contributed by atoms with Crippen molar-refractivity contribution >= 4 is 23.3 Å². The van der Waals surface area contributed by atoms with Gasteiger partial charge in [0, 0.05) is 19.3 Å². The number of carbonyl (C=O) groups excluding carboxylic acids is 1. The summed E-state index contributed by atoms with van der Waals surface area (Å²) >= 11 is 5.77. The van der Waals surface area contributed by atoms with E-state index in [9.17, 15) is 4.79 Å². The highest BCUT2D eigenvalue weighted by molar-refractivity contribution is 6.33. The van der Waals surface area contributed by atoms with E-state index in [4.69, 9.17) is 17.3 Å². The molecular weight excluding hydrogens is 228 g/mol. The van der Waals surface area contributed by atoms with Gasteiger partial charge in [-0.3, -0.25) is 4.79 Å². The van der Waals surface area contributed by atoms with Crippen molar-refractivity contribution < 1.29 is 4.79 Å². The van der Waals surface area contributed by atoms with E-state index in [2.05, 4.69) is 10.3 Å². The smallest absolute Gasteiger partial charge is 0.252 e. The predicted molar refractivity (Wildman–Crippen MR) is 64.5 cm³/mol. The Labute approximate surface area is 99.6 Å². The van der Waals surface area contributed by atoms with Gasteiger partial charge in [-0.25, -0.2) is 4.98 Å². The van der Waals surface area contributed by atoms with Crippen LogP contribution in [-0.4, -0.2) is 43.0 Å². The number of carbonyl (C=O) groups is 1. The SMILES string of the molecule is CN(C)CCNC(=O)c1cnc(N)c(Cl)c1. The van der Waals surface area contributed by atoms with Gasteiger partial charge >= 0.3 is 0 Å². The van der Waals surface area contributed by atoms with Gasteiger partial charge in [-0.2, -0.15) is 0 Å². The van der Waals surface area contributed by atoms with E-state index in [1.807, 2.05) is 19.0 Å². The highest BCUT2D eigenvalue weighted by atomic mass is 35.5. The molecule has 0 saturated carbocycles. The highest BCUT2D eigenvalue weighted by Gasteiger charge is 2.07. The fourth-order valence-electron chi connectivity index (χ4n) is 1.07. The van der Waals surface area contributed by atoms with Gasteiger partial charge in [-0.15, -0.1) is 0 Å². The van der Waals surface area contributed by atoms with Gasteiger partial charge in [0.05, 0.1) is 10.6 Å². The van der Waals surface area contributed by atoms with Crippen molar-refractivity contribution in [3.05, 3.63) is 22.8 Å². The fourth-order valence-corrected chi connectivity index (χ4v) is 1.23. The number of anilines is 1. The van der Waals surface area contributed by atoms with Crippen molar-refractivity contribution in [2.24, 2.45) is 0 Å². The zero-order valence-electron chi connectivity index (χ0n) is 9.33. The van der Waals surface area contributed by atoms with Gasteiger partial charge in [-0.1, -0.05) is 11.6 Å². The van der Waals surface area contributed by atoms with Gasteiger partial charge < -0.3 is 16.0 Å². The van der Waals surface area contributed by atoms with Crippen LogP contribution in [0, 0.1) is 0 Å². The topological polar surface area (TPSA) is 71.2 Å². The lowest BCUT2D eigenvalue weighted by Gasteiger charge is -2.10. The molecule has 0 aliphatic rings. The third kappa shape index (κ3) is 3.67. The van der Waals surface area contributed by atoms with Crippen LogP contribution in [0.5, 0.6) is 0 Å². The maximum absolute atomic E-state index is 11.6. The Kier molecular flexibility index (Phi) is 4.52. The summed E-state index contributed by atoms with van der Waals surface area (Å²) in [4.78, 5) is 17.4. The summed E-state index contributed by atoms with van der Waals surface area (Å²) in [5.41, 5.74) is 5.86. The first-order valence-electron chi connectivity index (χ1n) is 4.84. The summed E-state index contributed by atoms with van der Waals surface area (Å²) in [6.45, 7) is 1.36. The summed E-state index contributed by atoms with van der Waals surface area (Å²) in [6.07, 6.45) is 1.41. The van der Waals surface area contributed by atoms with Gasteiger partial charge in [0.2, 0.25) is 0 Å². The molecule has 3 N–H and O–H groups in total. The molecule has 0 fully saturated rings. The van der Waals surface area contributed by atoms with Gasteiger partial charge in [0.25, 0.3) is 5.91 Å². The number of nitrogens with zero attached hydrogens (tertiary/aromatic N) is 2. The molecule has 0 unspecified atom stereocenters. The molecule has 0 bridgehead atoms. The number of pyridine rings is 1. The molecule has 0 atom stereocenters.